The maximum Gasteiger partial charge on any atom is 0.181 e. The van der Waals surface area contributed by atoms with Crippen molar-refractivity contribution in [3.05, 3.63) is 35.7 Å². The van der Waals surface area contributed by atoms with Gasteiger partial charge in [0.25, 0.3) is 0 Å². The molecule has 90 valence electrons. The van der Waals surface area contributed by atoms with Crippen molar-refractivity contribution in [3.63, 3.8) is 0 Å². The van der Waals surface area contributed by atoms with Crippen LogP contribution >= 0.6 is 0 Å². The number of aryl methyl sites for hydroxylation is 2. The van der Waals surface area contributed by atoms with E-state index >= 15 is 0 Å². The third-order valence-corrected chi connectivity index (χ3v) is 2.84. The number of benzene rings is 1. The lowest BCUT2D eigenvalue weighted by Crippen LogP contribution is -1.94. The molecule has 0 amide bonds. The van der Waals surface area contributed by atoms with Crippen molar-refractivity contribution in [2.45, 2.75) is 27.2 Å². The van der Waals surface area contributed by atoms with Crippen LogP contribution in [0.15, 0.2) is 24.3 Å². The molecule has 0 fully saturated rings. The molecular formula is C14H19N3. The molecule has 17 heavy (non-hydrogen) atoms. The molecule has 0 saturated heterocycles. The second kappa shape index (κ2) is 4.70. The summed E-state index contributed by atoms with van der Waals surface area (Å²) in [5.41, 5.74) is 2.46. The SMILES string of the molecule is Cc1nc(-c2ccc(CC(C)C)cc2)nn1C. The van der Waals surface area contributed by atoms with Crippen LogP contribution in [0.4, 0.5) is 0 Å². The van der Waals surface area contributed by atoms with Gasteiger partial charge in [0, 0.05) is 12.6 Å². The van der Waals surface area contributed by atoms with Gasteiger partial charge >= 0.3 is 0 Å². The normalized spacial score (nSPS) is 11.1. The standard InChI is InChI=1S/C14H19N3/c1-10(2)9-12-5-7-13(8-6-12)14-15-11(3)17(4)16-14/h5-8,10H,9H2,1-4H3. The molecule has 0 aliphatic heterocycles. The van der Waals surface area contributed by atoms with Crippen LogP contribution in [-0.4, -0.2) is 14.8 Å². The van der Waals surface area contributed by atoms with Crippen molar-refractivity contribution in [2.75, 3.05) is 0 Å². The summed E-state index contributed by atoms with van der Waals surface area (Å²) in [7, 11) is 1.92. The zero-order valence-corrected chi connectivity index (χ0v) is 10.9. The van der Waals surface area contributed by atoms with Gasteiger partial charge in [-0.25, -0.2) is 4.98 Å². The number of rotatable bonds is 3. The molecule has 3 nitrogen and oxygen atoms in total. The first-order valence-corrected chi connectivity index (χ1v) is 6.03. The number of hydrogen-bond donors (Lipinski definition) is 0. The van der Waals surface area contributed by atoms with Crippen LogP contribution in [0.2, 0.25) is 0 Å². The van der Waals surface area contributed by atoms with Gasteiger partial charge in [0.15, 0.2) is 5.82 Å². The average Bonchev–Trinajstić information content (AvgIpc) is 2.59. The average molecular weight is 229 g/mol. The quantitative estimate of drug-likeness (QED) is 0.810. The molecule has 3 heteroatoms. The van der Waals surface area contributed by atoms with Crippen LogP contribution in [0.1, 0.15) is 25.2 Å². The highest BCUT2D eigenvalue weighted by Crippen LogP contribution is 2.17. The van der Waals surface area contributed by atoms with Gasteiger partial charge < -0.3 is 0 Å². The molecule has 0 unspecified atom stereocenters. The van der Waals surface area contributed by atoms with Crippen LogP contribution in [0.25, 0.3) is 11.4 Å². The Hall–Kier alpha value is -1.64. The Bertz CT molecular complexity index is 475. The van der Waals surface area contributed by atoms with Gasteiger partial charge in [-0.2, -0.15) is 5.10 Å². The zero-order valence-electron chi connectivity index (χ0n) is 10.9. The second-order valence-corrected chi connectivity index (χ2v) is 4.90. The summed E-state index contributed by atoms with van der Waals surface area (Å²) in [5, 5.41) is 4.38. The summed E-state index contributed by atoms with van der Waals surface area (Å²) < 4.78 is 1.80. The smallest absolute Gasteiger partial charge is 0.181 e. The van der Waals surface area contributed by atoms with Gasteiger partial charge in [-0.15, -0.1) is 0 Å². The molecule has 0 aliphatic carbocycles. The first-order chi connectivity index (χ1) is 8.06. The maximum absolute atomic E-state index is 4.42. The molecular weight excluding hydrogens is 210 g/mol. The van der Waals surface area contributed by atoms with Crippen LogP contribution in [0.3, 0.4) is 0 Å². The van der Waals surface area contributed by atoms with Crippen molar-refractivity contribution in [3.8, 4) is 11.4 Å². The van der Waals surface area contributed by atoms with Gasteiger partial charge in [-0.05, 0) is 24.8 Å². The predicted octanol–water partition coefficient (Wildman–Crippen LogP) is 2.99. The van der Waals surface area contributed by atoms with Gasteiger partial charge in [-0.1, -0.05) is 38.1 Å². The Kier molecular flexibility index (Phi) is 3.27. The van der Waals surface area contributed by atoms with E-state index in [-0.39, 0.29) is 0 Å². The second-order valence-electron chi connectivity index (χ2n) is 4.90. The molecule has 0 radical (unpaired) electrons. The molecule has 1 aromatic carbocycles. The van der Waals surface area contributed by atoms with Gasteiger partial charge in [-0.3, -0.25) is 4.68 Å². The third-order valence-electron chi connectivity index (χ3n) is 2.84. The van der Waals surface area contributed by atoms with E-state index in [4.69, 9.17) is 0 Å². The molecule has 2 aromatic rings. The van der Waals surface area contributed by atoms with Crippen molar-refractivity contribution in [1.82, 2.24) is 14.8 Å². The van der Waals surface area contributed by atoms with E-state index < -0.39 is 0 Å². The highest BCUT2D eigenvalue weighted by atomic mass is 15.3. The summed E-state index contributed by atoms with van der Waals surface area (Å²) >= 11 is 0. The first-order valence-electron chi connectivity index (χ1n) is 6.03. The van der Waals surface area contributed by atoms with Crippen molar-refractivity contribution < 1.29 is 0 Å². The highest BCUT2D eigenvalue weighted by molar-refractivity contribution is 5.55. The topological polar surface area (TPSA) is 30.7 Å². The largest absolute Gasteiger partial charge is 0.253 e. The molecule has 0 aliphatic rings. The lowest BCUT2D eigenvalue weighted by molar-refractivity contribution is 0.647. The lowest BCUT2D eigenvalue weighted by atomic mass is 10.0. The molecule has 1 heterocycles. The monoisotopic (exact) mass is 229 g/mol. The van der Waals surface area contributed by atoms with Crippen molar-refractivity contribution in [2.24, 2.45) is 13.0 Å². The van der Waals surface area contributed by atoms with Crippen LogP contribution in [-0.2, 0) is 13.5 Å². The van der Waals surface area contributed by atoms with E-state index in [0.717, 1.165) is 23.6 Å². The van der Waals surface area contributed by atoms with Gasteiger partial charge in [0.05, 0.1) is 0 Å². The molecule has 2 rings (SSSR count). The van der Waals surface area contributed by atoms with Gasteiger partial charge in [0.2, 0.25) is 0 Å². The molecule has 0 saturated carbocycles. The summed E-state index contributed by atoms with van der Waals surface area (Å²) in [5.74, 6) is 2.43. The minimum Gasteiger partial charge on any atom is -0.253 e. The Labute approximate surface area is 103 Å². The Morgan fingerprint density at radius 2 is 1.82 bits per heavy atom. The van der Waals surface area contributed by atoms with Crippen LogP contribution < -0.4 is 0 Å². The molecule has 0 N–H and O–H groups in total. The molecule has 0 atom stereocenters. The molecule has 0 bridgehead atoms. The summed E-state index contributed by atoms with van der Waals surface area (Å²) in [6.45, 7) is 6.43. The van der Waals surface area contributed by atoms with E-state index in [1.54, 1.807) is 4.68 Å². The minimum absolute atomic E-state index is 0.691. The minimum atomic E-state index is 0.691. The van der Waals surface area contributed by atoms with Crippen molar-refractivity contribution >= 4 is 0 Å². The van der Waals surface area contributed by atoms with E-state index in [0.29, 0.717) is 5.92 Å². The molecule has 0 spiro atoms. The van der Waals surface area contributed by atoms with Crippen LogP contribution in [0, 0.1) is 12.8 Å². The number of aromatic nitrogens is 3. The number of hydrogen-bond acceptors (Lipinski definition) is 2. The Morgan fingerprint density at radius 1 is 1.18 bits per heavy atom. The van der Waals surface area contributed by atoms with E-state index in [1.165, 1.54) is 5.56 Å². The highest BCUT2D eigenvalue weighted by Gasteiger charge is 2.06. The van der Waals surface area contributed by atoms with E-state index in [1.807, 2.05) is 14.0 Å². The van der Waals surface area contributed by atoms with E-state index in [9.17, 15) is 0 Å². The summed E-state index contributed by atoms with van der Waals surface area (Å²) in [6, 6.07) is 8.54. The number of nitrogens with zero attached hydrogens (tertiary/aromatic N) is 3. The van der Waals surface area contributed by atoms with Gasteiger partial charge in [0.1, 0.15) is 5.82 Å². The summed E-state index contributed by atoms with van der Waals surface area (Å²) in [4.78, 5) is 4.42. The fourth-order valence-corrected chi connectivity index (χ4v) is 1.85. The Morgan fingerprint density at radius 3 is 2.29 bits per heavy atom. The Balaban J connectivity index is 2.23. The van der Waals surface area contributed by atoms with Crippen LogP contribution in [0.5, 0.6) is 0 Å². The zero-order chi connectivity index (χ0) is 12.4. The summed E-state index contributed by atoms with van der Waals surface area (Å²) in [6.07, 6.45) is 1.12. The fourth-order valence-electron chi connectivity index (χ4n) is 1.85. The fraction of sp³-hybridized carbons (Fsp3) is 0.429. The maximum atomic E-state index is 4.42. The first kappa shape index (κ1) is 11.8. The predicted molar refractivity (Wildman–Crippen MR) is 69.7 cm³/mol. The lowest BCUT2D eigenvalue weighted by Gasteiger charge is -2.04. The molecule has 1 aromatic heterocycles. The van der Waals surface area contributed by atoms with Crippen molar-refractivity contribution in [1.29, 1.82) is 0 Å². The van der Waals surface area contributed by atoms with E-state index in [2.05, 4.69) is 48.2 Å². The third kappa shape index (κ3) is 2.73.